The summed E-state index contributed by atoms with van der Waals surface area (Å²) in [7, 11) is 1.83. The summed E-state index contributed by atoms with van der Waals surface area (Å²) in [4.78, 5) is 27.6. The minimum atomic E-state index is -0.272. The number of fused-ring (bicyclic) bond motifs is 1. The number of hydrogen-bond acceptors (Lipinski definition) is 5. The number of carbonyl (C=O) groups excluding carboxylic acids is 1. The third kappa shape index (κ3) is 4.12. The van der Waals surface area contributed by atoms with Gasteiger partial charge >= 0.3 is 0 Å². The van der Waals surface area contributed by atoms with E-state index in [0.717, 1.165) is 16.8 Å². The lowest BCUT2D eigenvalue weighted by molar-refractivity contribution is 0.0931. The number of anilines is 1. The molecule has 126 valence electrons. The molecule has 3 aromatic heterocycles. The zero-order chi connectivity index (χ0) is 17.6. The van der Waals surface area contributed by atoms with Crippen molar-refractivity contribution in [2.75, 3.05) is 12.4 Å². The van der Waals surface area contributed by atoms with E-state index in [2.05, 4.69) is 42.4 Å². The number of imidazole rings is 1. The molecule has 0 bridgehead atoms. The largest absolute Gasteiger partial charge is 0.387 e. The molecular formula is C18H18N6O. The molecular weight excluding hydrogens is 316 g/mol. The van der Waals surface area contributed by atoms with Gasteiger partial charge in [-0.2, -0.15) is 0 Å². The van der Waals surface area contributed by atoms with E-state index >= 15 is 0 Å². The van der Waals surface area contributed by atoms with Gasteiger partial charge in [-0.1, -0.05) is 11.8 Å². The highest BCUT2D eigenvalue weighted by molar-refractivity contribution is 5.93. The van der Waals surface area contributed by atoms with Gasteiger partial charge in [-0.25, -0.2) is 9.97 Å². The number of nitrogens with zero attached hydrogens (tertiary/aromatic N) is 3. The molecule has 3 heterocycles. The van der Waals surface area contributed by atoms with Gasteiger partial charge in [-0.3, -0.25) is 9.78 Å². The maximum absolute atomic E-state index is 12.2. The molecule has 1 atom stereocenters. The number of amides is 1. The molecule has 25 heavy (non-hydrogen) atoms. The van der Waals surface area contributed by atoms with Crippen LogP contribution in [-0.2, 0) is 0 Å². The van der Waals surface area contributed by atoms with Crippen molar-refractivity contribution in [3.63, 3.8) is 0 Å². The van der Waals surface area contributed by atoms with Crippen molar-refractivity contribution in [1.82, 2.24) is 25.3 Å². The van der Waals surface area contributed by atoms with E-state index < -0.39 is 0 Å². The fourth-order valence-corrected chi connectivity index (χ4v) is 2.25. The normalized spacial score (nSPS) is 11.4. The van der Waals surface area contributed by atoms with E-state index in [1.165, 1.54) is 0 Å². The van der Waals surface area contributed by atoms with Crippen LogP contribution in [0.25, 0.3) is 11.2 Å². The monoisotopic (exact) mass is 334 g/mol. The van der Waals surface area contributed by atoms with Crippen molar-refractivity contribution >= 4 is 22.8 Å². The van der Waals surface area contributed by atoms with Gasteiger partial charge in [-0.05, 0) is 25.1 Å². The minimum absolute atomic E-state index is 0.110. The Morgan fingerprint density at radius 1 is 1.40 bits per heavy atom. The first-order chi connectivity index (χ1) is 12.2. The quantitative estimate of drug-likeness (QED) is 0.634. The number of aromatic nitrogens is 4. The molecule has 0 radical (unpaired) electrons. The smallest absolute Gasteiger partial charge is 0.287 e. The van der Waals surface area contributed by atoms with Crippen LogP contribution >= 0.6 is 0 Å². The van der Waals surface area contributed by atoms with E-state index in [9.17, 15) is 4.79 Å². The molecule has 3 aromatic rings. The summed E-state index contributed by atoms with van der Waals surface area (Å²) in [5, 5.41) is 5.89. The SMILES string of the molecule is CNc1cncc(C#CC[C@H](C)NC(=O)c2nc3ncccc3[nH]2)c1. The van der Waals surface area contributed by atoms with E-state index in [-0.39, 0.29) is 17.8 Å². The Morgan fingerprint density at radius 3 is 3.08 bits per heavy atom. The predicted octanol–water partition coefficient (Wildman–Crippen LogP) is 1.95. The Morgan fingerprint density at radius 2 is 2.28 bits per heavy atom. The van der Waals surface area contributed by atoms with Crippen LogP contribution in [0.4, 0.5) is 5.69 Å². The van der Waals surface area contributed by atoms with Crippen molar-refractivity contribution in [2.45, 2.75) is 19.4 Å². The van der Waals surface area contributed by atoms with Crippen LogP contribution in [0.15, 0.2) is 36.8 Å². The zero-order valence-electron chi connectivity index (χ0n) is 14.0. The highest BCUT2D eigenvalue weighted by Gasteiger charge is 2.13. The van der Waals surface area contributed by atoms with Crippen molar-refractivity contribution in [1.29, 1.82) is 0 Å². The fourth-order valence-electron chi connectivity index (χ4n) is 2.25. The van der Waals surface area contributed by atoms with Gasteiger partial charge < -0.3 is 15.6 Å². The average Bonchev–Trinajstić information content (AvgIpc) is 3.06. The van der Waals surface area contributed by atoms with Gasteiger partial charge in [0.15, 0.2) is 11.5 Å². The third-order valence-corrected chi connectivity index (χ3v) is 3.52. The maximum Gasteiger partial charge on any atom is 0.287 e. The van der Waals surface area contributed by atoms with Gasteiger partial charge in [0, 0.05) is 37.5 Å². The van der Waals surface area contributed by atoms with Crippen molar-refractivity contribution in [3.8, 4) is 11.8 Å². The summed E-state index contributed by atoms with van der Waals surface area (Å²) in [6.07, 6.45) is 5.60. The summed E-state index contributed by atoms with van der Waals surface area (Å²) in [6.45, 7) is 1.90. The Bertz CT molecular complexity index is 920. The first-order valence-electron chi connectivity index (χ1n) is 7.89. The second kappa shape index (κ2) is 7.45. The summed E-state index contributed by atoms with van der Waals surface area (Å²) in [5.41, 5.74) is 2.99. The molecule has 0 fully saturated rings. The fraction of sp³-hybridized carbons (Fsp3) is 0.222. The molecule has 0 saturated heterocycles. The molecule has 7 heteroatoms. The minimum Gasteiger partial charge on any atom is -0.387 e. The molecule has 0 aliphatic heterocycles. The number of hydrogen-bond donors (Lipinski definition) is 3. The van der Waals surface area contributed by atoms with Gasteiger partial charge in [0.05, 0.1) is 17.4 Å². The standard InChI is InChI=1S/C18H18N6O/c1-12(5-3-6-13-9-14(19-2)11-20-10-13)22-18(25)17-23-15-7-4-8-21-16(15)24-17/h4,7-12,19H,5H2,1-2H3,(H,22,25)(H,21,23,24)/t12-/m0/s1. The lowest BCUT2D eigenvalue weighted by Gasteiger charge is -2.08. The van der Waals surface area contributed by atoms with E-state index in [0.29, 0.717) is 12.1 Å². The van der Waals surface area contributed by atoms with Crippen LogP contribution in [0.1, 0.15) is 29.5 Å². The Balaban J connectivity index is 1.59. The molecule has 1 amide bonds. The second-order valence-electron chi connectivity index (χ2n) is 5.55. The van der Waals surface area contributed by atoms with Crippen LogP contribution in [-0.4, -0.2) is 38.9 Å². The second-order valence-corrected chi connectivity index (χ2v) is 5.55. The summed E-state index contributed by atoms with van der Waals surface area (Å²) in [5.74, 6) is 6.09. The first kappa shape index (κ1) is 16.5. The highest BCUT2D eigenvalue weighted by Crippen LogP contribution is 2.08. The average molecular weight is 334 g/mol. The van der Waals surface area contributed by atoms with Crippen LogP contribution in [0.5, 0.6) is 0 Å². The van der Waals surface area contributed by atoms with Gasteiger partial charge in [0.25, 0.3) is 5.91 Å². The molecule has 7 nitrogen and oxygen atoms in total. The maximum atomic E-state index is 12.2. The lowest BCUT2D eigenvalue weighted by atomic mass is 10.2. The molecule has 0 unspecified atom stereocenters. The Kier molecular flexibility index (Phi) is 4.90. The summed E-state index contributed by atoms with van der Waals surface area (Å²) >= 11 is 0. The number of nitrogens with one attached hydrogen (secondary N) is 3. The van der Waals surface area contributed by atoms with E-state index in [1.807, 2.05) is 26.1 Å². The van der Waals surface area contributed by atoms with Crippen molar-refractivity contribution < 1.29 is 4.79 Å². The third-order valence-electron chi connectivity index (χ3n) is 3.52. The number of H-pyrrole nitrogens is 1. The molecule has 0 aliphatic carbocycles. The number of aromatic amines is 1. The first-order valence-corrected chi connectivity index (χ1v) is 7.89. The summed E-state index contributed by atoms with van der Waals surface area (Å²) < 4.78 is 0. The zero-order valence-corrected chi connectivity index (χ0v) is 14.0. The molecule has 0 aliphatic rings. The van der Waals surface area contributed by atoms with Crippen molar-refractivity contribution in [2.24, 2.45) is 0 Å². The van der Waals surface area contributed by atoms with Crippen LogP contribution < -0.4 is 10.6 Å². The Labute approximate surface area is 145 Å². The topological polar surface area (TPSA) is 95.6 Å². The Hall–Kier alpha value is -3.40. The predicted molar refractivity (Wildman–Crippen MR) is 96.1 cm³/mol. The van der Waals surface area contributed by atoms with Gasteiger partial charge in [0.2, 0.25) is 0 Å². The molecule has 0 aromatic carbocycles. The molecule has 0 spiro atoms. The molecule has 3 N–H and O–H groups in total. The molecule has 0 saturated carbocycles. The van der Waals surface area contributed by atoms with E-state index in [4.69, 9.17) is 0 Å². The van der Waals surface area contributed by atoms with Crippen molar-refractivity contribution in [3.05, 3.63) is 48.2 Å². The number of rotatable bonds is 4. The molecule has 3 rings (SSSR count). The van der Waals surface area contributed by atoms with E-state index in [1.54, 1.807) is 24.7 Å². The van der Waals surface area contributed by atoms with Crippen LogP contribution in [0.3, 0.4) is 0 Å². The summed E-state index contributed by atoms with van der Waals surface area (Å²) in [6, 6.07) is 5.43. The van der Waals surface area contributed by atoms with Gasteiger partial charge in [0.1, 0.15) is 0 Å². The lowest BCUT2D eigenvalue weighted by Crippen LogP contribution is -2.32. The van der Waals surface area contributed by atoms with Gasteiger partial charge in [-0.15, -0.1) is 0 Å². The van der Waals surface area contributed by atoms with Crippen LogP contribution in [0.2, 0.25) is 0 Å². The number of pyridine rings is 2. The number of carbonyl (C=O) groups is 1. The highest BCUT2D eigenvalue weighted by atomic mass is 16.2. The van der Waals surface area contributed by atoms with Crippen LogP contribution in [0, 0.1) is 11.8 Å².